The molecule has 0 unspecified atom stereocenters. The molecule has 25 heavy (non-hydrogen) atoms. The lowest BCUT2D eigenvalue weighted by Gasteiger charge is -2.27. The fourth-order valence-electron chi connectivity index (χ4n) is 2.89. The van der Waals surface area contributed by atoms with Gasteiger partial charge in [0, 0.05) is 30.1 Å². The Bertz CT molecular complexity index is 1070. The summed E-state index contributed by atoms with van der Waals surface area (Å²) in [6.07, 6.45) is 0.717. The monoisotopic (exact) mass is 373 g/mol. The molecule has 0 saturated carbocycles. The molecule has 1 N–H and O–H groups in total. The van der Waals surface area contributed by atoms with E-state index < -0.39 is 10.0 Å². The van der Waals surface area contributed by atoms with E-state index in [-0.39, 0.29) is 9.77 Å². The minimum atomic E-state index is -3.55. The van der Waals surface area contributed by atoms with Gasteiger partial charge in [-0.3, -0.25) is 4.79 Å². The van der Waals surface area contributed by atoms with Gasteiger partial charge in [0.1, 0.15) is 4.21 Å². The number of benzene rings is 1. The average molecular weight is 373 g/mol. The van der Waals surface area contributed by atoms with E-state index in [9.17, 15) is 13.2 Å². The number of fused-ring (bicyclic) bond motifs is 1. The predicted octanol–water partition coefficient (Wildman–Crippen LogP) is 2.25. The third kappa shape index (κ3) is 3.04. The van der Waals surface area contributed by atoms with Crippen LogP contribution in [0.25, 0.3) is 11.3 Å². The van der Waals surface area contributed by atoms with Gasteiger partial charge in [-0.1, -0.05) is 24.3 Å². The molecular formula is C17H15N3O3S2. The largest absolute Gasteiger partial charge is 0.268 e. The molecule has 0 amide bonds. The molecule has 0 radical (unpaired) electrons. The lowest BCUT2D eigenvalue weighted by Crippen LogP contribution is -2.35. The zero-order valence-electron chi connectivity index (χ0n) is 13.2. The van der Waals surface area contributed by atoms with Crippen LogP contribution in [0.5, 0.6) is 0 Å². The van der Waals surface area contributed by atoms with E-state index in [1.165, 1.54) is 27.3 Å². The lowest BCUT2D eigenvalue weighted by atomic mass is 10.0. The van der Waals surface area contributed by atoms with Crippen molar-refractivity contribution in [3.63, 3.8) is 0 Å². The van der Waals surface area contributed by atoms with Crippen molar-refractivity contribution < 1.29 is 8.42 Å². The number of thiophene rings is 1. The van der Waals surface area contributed by atoms with Gasteiger partial charge in [0.2, 0.25) is 0 Å². The zero-order chi connectivity index (χ0) is 17.4. The van der Waals surface area contributed by atoms with Crippen LogP contribution in [0.2, 0.25) is 0 Å². The summed E-state index contributed by atoms with van der Waals surface area (Å²) in [5.41, 5.74) is 3.19. The van der Waals surface area contributed by atoms with E-state index in [0.717, 1.165) is 12.0 Å². The van der Waals surface area contributed by atoms with Crippen LogP contribution in [0.1, 0.15) is 11.1 Å². The minimum Gasteiger partial charge on any atom is -0.268 e. The van der Waals surface area contributed by atoms with Crippen LogP contribution >= 0.6 is 11.3 Å². The fraction of sp³-hybridized carbons (Fsp3) is 0.176. The summed E-state index contributed by atoms with van der Waals surface area (Å²) in [5.74, 6) is 0. The van der Waals surface area contributed by atoms with Gasteiger partial charge in [-0.25, -0.2) is 13.5 Å². The summed E-state index contributed by atoms with van der Waals surface area (Å²) in [5, 5.41) is 8.05. The number of H-pyrrole nitrogens is 1. The zero-order valence-corrected chi connectivity index (χ0v) is 14.8. The van der Waals surface area contributed by atoms with E-state index >= 15 is 0 Å². The van der Waals surface area contributed by atoms with Crippen LogP contribution in [-0.2, 0) is 23.0 Å². The number of nitrogens with zero attached hydrogens (tertiary/aromatic N) is 2. The highest BCUT2D eigenvalue weighted by molar-refractivity contribution is 7.91. The van der Waals surface area contributed by atoms with Crippen molar-refractivity contribution in [2.75, 3.05) is 6.54 Å². The number of aromatic amines is 1. The van der Waals surface area contributed by atoms with Gasteiger partial charge in [-0.15, -0.1) is 11.3 Å². The second-order valence-corrected chi connectivity index (χ2v) is 8.89. The van der Waals surface area contributed by atoms with Crippen LogP contribution in [-0.4, -0.2) is 29.5 Å². The van der Waals surface area contributed by atoms with Gasteiger partial charge >= 0.3 is 0 Å². The van der Waals surface area contributed by atoms with Crippen molar-refractivity contribution in [3.8, 4) is 11.3 Å². The predicted molar refractivity (Wildman–Crippen MR) is 95.9 cm³/mol. The molecule has 4 rings (SSSR count). The van der Waals surface area contributed by atoms with Crippen LogP contribution in [0.3, 0.4) is 0 Å². The highest BCUT2D eigenvalue weighted by Crippen LogP contribution is 2.31. The maximum absolute atomic E-state index is 13.0. The second-order valence-electron chi connectivity index (χ2n) is 5.82. The molecule has 0 fully saturated rings. The summed E-state index contributed by atoms with van der Waals surface area (Å²) in [6, 6.07) is 12.5. The number of nitrogens with one attached hydrogen (secondary N) is 1. The van der Waals surface area contributed by atoms with Crippen molar-refractivity contribution in [3.05, 3.63) is 69.3 Å². The number of aromatic nitrogens is 2. The molecule has 6 nitrogen and oxygen atoms in total. The van der Waals surface area contributed by atoms with E-state index in [1.54, 1.807) is 17.5 Å². The molecule has 1 aliphatic heterocycles. The maximum Gasteiger partial charge on any atom is 0.264 e. The number of sulfonamides is 1. The van der Waals surface area contributed by atoms with Crippen LogP contribution in [0.15, 0.2) is 56.8 Å². The molecule has 3 aromatic rings. The Morgan fingerprint density at radius 1 is 1.12 bits per heavy atom. The van der Waals surface area contributed by atoms with Crippen molar-refractivity contribution in [2.24, 2.45) is 0 Å². The summed E-state index contributed by atoms with van der Waals surface area (Å²) >= 11 is 1.17. The van der Waals surface area contributed by atoms with Crippen molar-refractivity contribution in [1.82, 2.24) is 14.5 Å². The highest BCUT2D eigenvalue weighted by atomic mass is 32.2. The fourth-order valence-corrected chi connectivity index (χ4v) is 5.64. The molecule has 0 aliphatic carbocycles. The molecule has 1 aliphatic rings. The third-order valence-corrected chi connectivity index (χ3v) is 7.50. The standard InChI is InChI=1S/C17H15N3O3S2/c21-16-6-5-15(18-19-16)14-9-17(24-11-14)25(22,23)20-8-7-12-3-1-2-4-13(12)10-20/h1-6,9,11H,7-8,10H2,(H,19,21). The van der Waals surface area contributed by atoms with Gasteiger partial charge in [0.15, 0.2) is 0 Å². The molecule has 8 heteroatoms. The molecule has 0 atom stereocenters. The van der Waals surface area contributed by atoms with Gasteiger partial charge in [0.25, 0.3) is 15.6 Å². The van der Waals surface area contributed by atoms with E-state index in [1.807, 2.05) is 24.3 Å². The Morgan fingerprint density at radius 2 is 1.92 bits per heavy atom. The Kier molecular flexibility index (Phi) is 4.03. The summed E-state index contributed by atoms with van der Waals surface area (Å²) in [4.78, 5) is 11.1. The Morgan fingerprint density at radius 3 is 2.68 bits per heavy atom. The van der Waals surface area contributed by atoms with Gasteiger partial charge in [-0.2, -0.15) is 9.40 Å². The highest BCUT2D eigenvalue weighted by Gasteiger charge is 2.29. The molecule has 0 saturated heterocycles. The number of hydrogen-bond acceptors (Lipinski definition) is 5. The first-order chi connectivity index (χ1) is 12.0. The Hall–Kier alpha value is -2.29. The van der Waals surface area contributed by atoms with Crippen LogP contribution in [0, 0.1) is 0 Å². The molecule has 0 bridgehead atoms. The molecule has 1 aromatic carbocycles. The lowest BCUT2D eigenvalue weighted by molar-refractivity contribution is 0.392. The quantitative estimate of drug-likeness (QED) is 0.763. The Balaban J connectivity index is 1.63. The molecule has 2 aromatic heterocycles. The topological polar surface area (TPSA) is 83.1 Å². The van der Waals surface area contributed by atoms with Gasteiger partial charge in [-0.05, 0) is 29.7 Å². The van der Waals surface area contributed by atoms with Crippen molar-refractivity contribution >= 4 is 21.4 Å². The third-order valence-electron chi connectivity index (χ3n) is 4.24. The average Bonchev–Trinajstić information content (AvgIpc) is 3.13. The number of hydrogen-bond donors (Lipinski definition) is 1. The second kappa shape index (κ2) is 6.21. The summed E-state index contributed by atoms with van der Waals surface area (Å²) < 4.78 is 27.7. The smallest absolute Gasteiger partial charge is 0.264 e. The first-order valence-corrected chi connectivity index (χ1v) is 10.1. The van der Waals surface area contributed by atoms with Crippen molar-refractivity contribution in [2.45, 2.75) is 17.2 Å². The first kappa shape index (κ1) is 16.2. The SMILES string of the molecule is O=c1ccc(-c2csc(S(=O)(=O)N3CCc4ccccc4C3)c2)n[nH]1. The normalized spacial score (nSPS) is 15.0. The Labute approximate surface area is 148 Å². The summed E-state index contributed by atoms with van der Waals surface area (Å²) in [7, 11) is -3.55. The molecular weight excluding hydrogens is 358 g/mol. The van der Waals surface area contributed by atoms with Crippen LogP contribution in [0.4, 0.5) is 0 Å². The van der Waals surface area contributed by atoms with E-state index in [0.29, 0.717) is 24.3 Å². The summed E-state index contributed by atoms with van der Waals surface area (Å²) in [6.45, 7) is 0.867. The minimum absolute atomic E-state index is 0.287. The van der Waals surface area contributed by atoms with E-state index in [2.05, 4.69) is 10.2 Å². The van der Waals surface area contributed by atoms with Gasteiger partial charge in [0.05, 0.1) is 5.69 Å². The molecule has 128 valence electrons. The van der Waals surface area contributed by atoms with Crippen molar-refractivity contribution in [1.29, 1.82) is 0 Å². The maximum atomic E-state index is 13.0. The number of rotatable bonds is 3. The first-order valence-electron chi connectivity index (χ1n) is 7.75. The van der Waals surface area contributed by atoms with Crippen LogP contribution < -0.4 is 5.56 Å². The molecule has 3 heterocycles. The van der Waals surface area contributed by atoms with E-state index in [4.69, 9.17) is 0 Å². The van der Waals surface area contributed by atoms with Gasteiger partial charge < -0.3 is 0 Å². The molecule has 0 spiro atoms.